The summed E-state index contributed by atoms with van der Waals surface area (Å²) in [5, 5.41) is 4.27. The summed E-state index contributed by atoms with van der Waals surface area (Å²) in [4.78, 5) is 3.82. The Hall–Kier alpha value is -3.15. The highest BCUT2D eigenvalue weighted by Gasteiger charge is 2.30. The van der Waals surface area contributed by atoms with Crippen LogP contribution in [0.15, 0.2) is 115 Å². The second kappa shape index (κ2) is 10.9. The molecule has 1 aromatic heterocycles. The average molecular weight is 462 g/mol. The molecule has 34 heavy (non-hydrogen) atoms. The number of nitrogens with one attached hydrogen (secondary N) is 1. The molecular weight excluding hydrogens is 429 g/mol. The van der Waals surface area contributed by atoms with Gasteiger partial charge in [0.15, 0.2) is 0 Å². The van der Waals surface area contributed by atoms with Crippen LogP contribution in [0.4, 0.5) is 0 Å². The molecule has 4 aromatic carbocycles. The molecule has 0 aliphatic heterocycles. The van der Waals surface area contributed by atoms with Gasteiger partial charge >= 0.3 is 0 Å². The molecule has 5 aromatic rings. The lowest BCUT2D eigenvalue weighted by molar-refractivity contribution is 0.659. The van der Waals surface area contributed by atoms with Crippen LogP contribution >= 0.6 is 7.92 Å². The van der Waals surface area contributed by atoms with E-state index in [0.717, 1.165) is 0 Å². The van der Waals surface area contributed by atoms with Crippen LogP contribution < -0.4 is 10.6 Å². The van der Waals surface area contributed by atoms with Crippen molar-refractivity contribution in [2.75, 3.05) is 0 Å². The first-order valence-electron chi connectivity index (χ1n) is 12.4. The summed E-state index contributed by atoms with van der Waals surface area (Å²) in [6, 6.07) is 42.1. The molecule has 0 fully saturated rings. The molecule has 0 saturated heterocycles. The molecule has 1 nitrogen and oxygen atoms in total. The van der Waals surface area contributed by atoms with E-state index in [1.165, 1.54) is 64.0 Å². The number of H-pyrrole nitrogens is 1. The van der Waals surface area contributed by atoms with Gasteiger partial charge < -0.3 is 4.98 Å². The third kappa shape index (κ3) is 4.72. The van der Waals surface area contributed by atoms with Crippen LogP contribution in [-0.4, -0.2) is 4.98 Å². The van der Waals surface area contributed by atoms with E-state index in [1.807, 2.05) is 0 Å². The normalized spacial score (nSPS) is 12.3. The second-order valence-corrected chi connectivity index (χ2v) is 11.3. The first-order chi connectivity index (χ1) is 16.9. The number of rotatable bonds is 9. The first-order valence-corrected chi connectivity index (χ1v) is 13.8. The minimum absolute atomic E-state index is 0.428. The van der Waals surface area contributed by atoms with Crippen molar-refractivity contribution in [2.45, 2.75) is 38.3 Å². The van der Waals surface area contributed by atoms with Crippen LogP contribution in [0.5, 0.6) is 0 Å². The Morgan fingerprint density at radius 2 is 1.21 bits per heavy atom. The monoisotopic (exact) mass is 461 g/mol. The quantitative estimate of drug-likeness (QED) is 0.167. The van der Waals surface area contributed by atoms with E-state index in [0.29, 0.717) is 5.66 Å². The maximum atomic E-state index is 3.82. The Morgan fingerprint density at radius 1 is 0.647 bits per heavy atom. The number of para-hydroxylation sites is 1. The lowest BCUT2D eigenvalue weighted by Crippen LogP contribution is -2.17. The van der Waals surface area contributed by atoms with Gasteiger partial charge in [0.2, 0.25) is 0 Å². The van der Waals surface area contributed by atoms with Gasteiger partial charge in [0.1, 0.15) is 0 Å². The van der Waals surface area contributed by atoms with E-state index in [1.54, 1.807) is 0 Å². The van der Waals surface area contributed by atoms with Crippen molar-refractivity contribution in [3.8, 4) is 11.3 Å². The van der Waals surface area contributed by atoms with Crippen molar-refractivity contribution < 1.29 is 0 Å². The number of fused-ring (bicyclic) bond motifs is 1. The second-order valence-electron chi connectivity index (χ2n) is 8.88. The molecular formula is C32H32NP. The molecule has 1 unspecified atom stereocenters. The Morgan fingerprint density at radius 3 is 1.82 bits per heavy atom. The maximum absolute atomic E-state index is 3.82. The van der Waals surface area contributed by atoms with Crippen molar-refractivity contribution >= 4 is 29.4 Å². The zero-order valence-corrected chi connectivity index (χ0v) is 20.7. The molecule has 1 N–H and O–H groups in total. The third-order valence-corrected chi connectivity index (χ3v) is 9.45. The highest BCUT2D eigenvalue weighted by atomic mass is 31.1. The number of aromatic amines is 1. The minimum atomic E-state index is -0.581. The predicted molar refractivity (Wildman–Crippen MR) is 150 cm³/mol. The fourth-order valence-corrected chi connectivity index (χ4v) is 7.99. The van der Waals surface area contributed by atoms with Gasteiger partial charge in [0.25, 0.3) is 0 Å². The Kier molecular flexibility index (Phi) is 7.22. The highest BCUT2D eigenvalue weighted by molar-refractivity contribution is 7.73. The maximum Gasteiger partial charge on any atom is 0.0504 e. The summed E-state index contributed by atoms with van der Waals surface area (Å²) in [5.41, 5.74) is 5.69. The lowest BCUT2D eigenvalue weighted by Gasteiger charge is -2.30. The van der Waals surface area contributed by atoms with Crippen molar-refractivity contribution in [1.29, 1.82) is 0 Å². The largest absolute Gasteiger partial charge is 0.354 e. The van der Waals surface area contributed by atoms with Crippen LogP contribution in [-0.2, 0) is 0 Å². The summed E-state index contributed by atoms with van der Waals surface area (Å²) in [6.45, 7) is 2.30. The average Bonchev–Trinajstić information content (AvgIpc) is 3.29. The summed E-state index contributed by atoms with van der Waals surface area (Å²) >= 11 is 0. The zero-order valence-electron chi connectivity index (χ0n) is 19.8. The van der Waals surface area contributed by atoms with Gasteiger partial charge in [-0.15, -0.1) is 0 Å². The molecule has 1 heterocycles. The Bertz CT molecular complexity index is 1270. The summed E-state index contributed by atoms with van der Waals surface area (Å²) < 4.78 is 0. The van der Waals surface area contributed by atoms with Crippen molar-refractivity contribution in [2.24, 2.45) is 0 Å². The zero-order chi connectivity index (χ0) is 23.2. The number of hydrogen-bond donors (Lipinski definition) is 1. The fraction of sp³-hybridized carbons (Fsp3) is 0.188. The Balaban J connectivity index is 1.75. The molecule has 0 aliphatic carbocycles. The van der Waals surface area contributed by atoms with Gasteiger partial charge in [-0.25, -0.2) is 0 Å². The topological polar surface area (TPSA) is 15.8 Å². The van der Waals surface area contributed by atoms with Crippen LogP contribution in [0.2, 0.25) is 0 Å². The van der Waals surface area contributed by atoms with Gasteiger partial charge in [-0.05, 0) is 42.1 Å². The van der Waals surface area contributed by atoms with E-state index in [-0.39, 0.29) is 0 Å². The van der Waals surface area contributed by atoms with Gasteiger partial charge in [-0.1, -0.05) is 135 Å². The van der Waals surface area contributed by atoms with Crippen LogP contribution in [0.25, 0.3) is 22.2 Å². The molecule has 0 radical (unpaired) electrons. The van der Waals surface area contributed by atoms with Gasteiger partial charge in [-0.2, -0.15) is 0 Å². The molecule has 1 atom stereocenters. The van der Waals surface area contributed by atoms with Crippen LogP contribution in [0.1, 0.15) is 43.8 Å². The highest BCUT2D eigenvalue weighted by Crippen LogP contribution is 2.55. The number of benzene rings is 4. The number of aromatic nitrogens is 1. The molecule has 0 aliphatic rings. The van der Waals surface area contributed by atoms with Gasteiger partial charge in [-0.3, -0.25) is 0 Å². The third-order valence-electron chi connectivity index (χ3n) is 6.60. The van der Waals surface area contributed by atoms with E-state index in [4.69, 9.17) is 0 Å². The summed E-state index contributed by atoms with van der Waals surface area (Å²) in [7, 11) is -0.581. The fourth-order valence-electron chi connectivity index (χ4n) is 5.02. The van der Waals surface area contributed by atoms with E-state index in [2.05, 4.69) is 127 Å². The molecule has 0 bridgehead atoms. The van der Waals surface area contributed by atoms with Crippen LogP contribution in [0, 0.1) is 0 Å². The van der Waals surface area contributed by atoms with Crippen molar-refractivity contribution in [1.82, 2.24) is 4.98 Å². The van der Waals surface area contributed by atoms with Gasteiger partial charge in [0.05, 0.1) is 5.69 Å². The van der Waals surface area contributed by atoms with Crippen molar-refractivity contribution in [3.05, 3.63) is 121 Å². The summed E-state index contributed by atoms with van der Waals surface area (Å²) in [5.74, 6) is 0. The van der Waals surface area contributed by atoms with E-state index in [9.17, 15) is 0 Å². The first kappa shape index (κ1) is 22.6. The number of unbranched alkanes of at least 4 members (excludes halogenated alkanes) is 2. The molecule has 2 heteroatoms. The molecule has 0 spiro atoms. The standard InChI is InChI=1S/C32H32NP/c1-2-3-7-24-30(34(26-18-10-5-11-19-26)27-20-12-6-13-21-27)31-28-22-14-15-23-29(28)33-32(31)25-16-8-4-9-17-25/h4-6,8-23,30,33H,2-3,7,24H2,1H3. The smallest absolute Gasteiger partial charge is 0.0504 e. The SMILES string of the molecule is CCCCCC(c1c(-c2ccccc2)[nH]c2ccccc12)P(c1ccccc1)c1ccccc1. The summed E-state index contributed by atoms with van der Waals surface area (Å²) in [6.07, 6.45) is 4.94. The van der Waals surface area contributed by atoms with Crippen LogP contribution in [0.3, 0.4) is 0 Å². The molecule has 0 amide bonds. The van der Waals surface area contributed by atoms with Crippen molar-refractivity contribution in [3.63, 3.8) is 0 Å². The minimum Gasteiger partial charge on any atom is -0.354 e. The molecule has 5 rings (SSSR count). The Labute approximate surface area is 204 Å². The van der Waals surface area contributed by atoms with E-state index < -0.39 is 7.92 Å². The predicted octanol–water partition coefficient (Wildman–Crippen LogP) is 8.59. The van der Waals surface area contributed by atoms with E-state index >= 15 is 0 Å². The molecule has 0 saturated carbocycles. The lowest BCUT2D eigenvalue weighted by atomic mass is 9.99. The van der Waals surface area contributed by atoms with Gasteiger partial charge in [0, 0.05) is 16.6 Å². The molecule has 170 valence electrons. The number of hydrogen-bond acceptors (Lipinski definition) is 0.